The summed E-state index contributed by atoms with van der Waals surface area (Å²) in [5.74, 6) is -0.427. The molecule has 3 nitrogen and oxygen atoms in total. The highest BCUT2D eigenvalue weighted by molar-refractivity contribution is 5.72. The average molecular weight is 226 g/mol. The molecule has 0 saturated carbocycles. The van der Waals surface area contributed by atoms with E-state index in [1.165, 1.54) is 7.11 Å². The normalized spacial score (nSPS) is 15.4. The van der Waals surface area contributed by atoms with E-state index < -0.39 is 6.10 Å². The van der Waals surface area contributed by atoms with Gasteiger partial charge in [0.25, 0.3) is 0 Å². The van der Waals surface area contributed by atoms with Crippen LogP contribution in [-0.2, 0) is 9.53 Å². The first-order valence-corrected chi connectivity index (χ1v) is 5.54. The molecule has 0 aliphatic carbocycles. The minimum Gasteiger partial charge on any atom is -0.469 e. The second-order valence-electron chi connectivity index (χ2n) is 4.10. The Morgan fingerprint density at radius 2 is 2.12 bits per heavy atom. The van der Waals surface area contributed by atoms with Gasteiger partial charge in [-0.3, -0.25) is 4.79 Å². The molecule has 0 spiro atoms. The Morgan fingerprint density at radius 1 is 1.56 bits per heavy atom. The molecule has 3 heteroatoms. The number of carbonyl (C=O) groups excluding carboxylic acids is 1. The van der Waals surface area contributed by atoms with Crippen molar-refractivity contribution < 1.29 is 14.6 Å². The number of allylic oxidation sites excluding steroid dienone is 2. The first-order chi connectivity index (χ1) is 7.42. The Morgan fingerprint density at radius 3 is 2.56 bits per heavy atom. The van der Waals surface area contributed by atoms with Gasteiger partial charge in [-0.1, -0.05) is 32.1 Å². The quantitative estimate of drug-likeness (QED) is 0.559. The van der Waals surface area contributed by atoms with E-state index in [2.05, 4.69) is 11.3 Å². The number of ether oxygens (including phenoxy) is 1. The van der Waals surface area contributed by atoms with Gasteiger partial charge in [0, 0.05) is 0 Å². The lowest BCUT2D eigenvalue weighted by atomic mass is 9.99. The molecule has 0 heterocycles. The highest BCUT2D eigenvalue weighted by Gasteiger charge is 2.13. The van der Waals surface area contributed by atoms with E-state index in [0.29, 0.717) is 12.8 Å². The molecule has 2 atom stereocenters. The predicted octanol–water partition coefficient (Wildman–Crippen LogP) is 2.46. The largest absolute Gasteiger partial charge is 0.469 e. The summed E-state index contributed by atoms with van der Waals surface area (Å²) in [5, 5.41) is 9.56. The zero-order chi connectivity index (χ0) is 12.7. The highest BCUT2D eigenvalue weighted by atomic mass is 16.5. The van der Waals surface area contributed by atoms with Crippen LogP contribution in [0.3, 0.4) is 0 Å². The molecule has 0 aromatic heterocycles. The van der Waals surface area contributed by atoms with E-state index in [0.717, 1.165) is 11.1 Å². The van der Waals surface area contributed by atoms with Crippen molar-refractivity contribution >= 4 is 5.97 Å². The Hall–Kier alpha value is -1.09. The third-order valence-corrected chi connectivity index (χ3v) is 2.52. The number of hydrogen-bond donors (Lipinski definition) is 1. The zero-order valence-corrected chi connectivity index (χ0v) is 10.6. The van der Waals surface area contributed by atoms with Crippen molar-refractivity contribution in [1.29, 1.82) is 0 Å². The van der Waals surface area contributed by atoms with Crippen molar-refractivity contribution in [2.24, 2.45) is 5.92 Å². The van der Waals surface area contributed by atoms with Gasteiger partial charge in [-0.15, -0.1) is 0 Å². The lowest BCUT2D eigenvalue weighted by Crippen LogP contribution is -2.13. The topological polar surface area (TPSA) is 46.5 Å². The minimum absolute atomic E-state index is 0.194. The Labute approximate surface area is 97.8 Å². The molecule has 0 aliphatic heterocycles. The van der Waals surface area contributed by atoms with Gasteiger partial charge >= 0.3 is 5.97 Å². The van der Waals surface area contributed by atoms with Gasteiger partial charge in [-0.2, -0.15) is 0 Å². The summed E-state index contributed by atoms with van der Waals surface area (Å²) in [6.45, 7) is 9.46. The number of carbonyl (C=O) groups is 1. The molecule has 0 rings (SSSR count). The van der Waals surface area contributed by atoms with E-state index in [1.54, 1.807) is 6.92 Å². The van der Waals surface area contributed by atoms with Gasteiger partial charge in [0.15, 0.2) is 0 Å². The summed E-state index contributed by atoms with van der Waals surface area (Å²) in [6, 6.07) is 0. The van der Waals surface area contributed by atoms with Crippen molar-refractivity contribution in [2.75, 3.05) is 7.11 Å². The first kappa shape index (κ1) is 14.9. The number of rotatable bonds is 6. The molecule has 92 valence electrons. The average Bonchev–Trinajstić information content (AvgIpc) is 2.26. The fourth-order valence-corrected chi connectivity index (χ4v) is 1.48. The van der Waals surface area contributed by atoms with Crippen LogP contribution >= 0.6 is 0 Å². The smallest absolute Gasteiger partial charge is 0.308 e. The van der Waals surface area contributed by atoms with Crippen LogP contribution in [0.4, 0.5) is 0 Å². The maximum absolute atomic E-state index is 11.2. The zero-order valence-electron chi connectivity index (χ0n) is 10.6. The molecule has 0 aromatic carbocycles. The molecule has 0 radical (unpaired) electrons. The van der Waals surface area contributed by atoms with E-state index >= 15 is 0 Å². The summed E-state index contributed by atoms with van der Waals surface area (Å²) < 4.78 is 4.64. The van der Waals surface area contributed by atoms with Crippen LogP contribution in [0.5, 0.6) is 0 Å². The lowest BCUT2D eigenvalue weighted by Gasteiger charge is -2.11. The number of methoxy groups -OCH3 is 1. The Bertz CT molecular complexity index is 279. The maximum Gasteiger partial charge on any atom is 0.308 e. The second-order valence-corrected chi connectivity index (χ2v) is 4.10. The fourth-order valence-electron chi connectivity index (χ4n) is 1.48. The molecule has 0 amide bonds. The van der Waals surface area contributed by atoms with Crippen LogP contribution in [0, 0.1) is 5.92 Å². The molecule has 1 N–H and O–H groups in total. The highest BCUT2D eigenvalue weighted by Crippen LogP contribution is 2.16. The van der Waals surface area contributed by atoms with Crippen LogP contribution in [0.1, 0.15) is 33.6 Å². The molecule has 0 saturated heterocycles. The molecular weight excluding hydrogens is 204 g/mol. The SMILES string of the molecule is C=C(/C=C(\C)[C@H](O)CC)C[C@H](C)C(=O)OC. The van der Waals surface area contributed by atoms with Crippen molar-refractivity contribution in [3.8, 4) is 0 Å². The second kappa shape index (κ2) is 7.23. The van der Waals surface area contributed by atoms with Gasteiger partial charge in [0.1, 0.15) is 0 Å². The summed E-state index contributed by atoms with van der Waals surface area (Å²) >= 11 is 0. The number of aliphatic hydroxyl groups is 1. The number of esters is 1. The van der Waals surface area contributed by atoms with Gasteiger partial charge in [0.05, 0.1) is 19.1 Å². The lowest BCUT2D eigenvalue weighted by molar-refractivity contribution is -0.144. The predicted molar refractivity (Wildman–Crippen MR) is 65.0 cm³/mol. The maximum atomic E-state index is 11.2. The Balaban J connectivity index is 4.32. The molecular formula is C13H22O3. The number of hydrogen-bond acceptors (Lipinski definition) is 3. The van der Waals surface area contributed by atoms with E-state index in [9.17, 15) is 9.90 Å². The first-order valence-electron chi connectivity index (χ1n) is 5.54. The fraction of sp³-hybridized carbons (Fsp3) is 0.615. The van der Waals surface area contributed by atoms with Crippen molar-refractivity contribution in [3.05, 3.63) is 23.8 Å². The van der Waals surface area contributed by atoms with Crippen LogP contribution < -0.4 is 0 Å². The number of aliphatic hydroxyl groups excluding tert-OH is 1. The molecule has 16 heavy (non-hydrogen) atoms. The van der Waals surface area contributed by atoms with Crippen LogP contribution in [0.15, 0.2) is 23.8 Å². The third-order valence-electron chi connectivity index (χ3n) is 2.52. The summed E-state index contributed by atoms with van der Waals surface area (Å²) in [7, 11) is 1.38. The molecule has 0 bridgehead atoms. The van der Waals surface area contributed by atoms with Crippen LogP contribution in [0.2, 0.25) is 0 Å². The third kappa shape index (κ3) is 5.12. The standard InChI is InChI=1S/C13H22O3/c1-6-12(14)10(3)7-9(2)8-11(4)13(15)16-5/h7,11-12,14H,2,6,8H2,1,3-5H3/b10-7+/t11-,12+/m0/s1. The van der Waals surface area contributed by atoms with Gasteiger partial charge in [-0.25, -0.2) is 0 Å². The van der Waals surface area contributed by atoms with Crippen molar-refractivity contribution in [1.82, 2.24) is 0 Å². The van der Waals surface area contributed by atoms with Crippen LogP contribution in [0.25, 0.3) is 0 Å². The molecule has 0 aliphatic rings. The molecule has 0 fully saturated rings. The van der Waals surface area contributed by atoms with Gasteiger partial charge in [0.2, 0.25) is 0 Å². The molecule has 0 unspecified atom stereocenters. The Kier molecular flexibility index (Phi) is 6.74. The summed E-state index contributed by atoms with van der Waals surface area (Å²) in [4.78, 5) is 11.2. The van der Waals surface area contributed by atoms with Crippen molar-refractivity contribution in [3.63, 3.8) is 0 Å². The van der Waals surface area contributed by atoms with Crippen LogP contribution in [-0.4, -0.2) is 24.3 Å². The van der Waals surface area contributed by atoms with Gasteiger partial charge in [-0.05, 0) is 25.3 Å². The van der Waals surface area contributed by atoms with Crippen molar-refractivity contribution in [2.45, 2.75) is 39.7 Å². The van der Waals surface area contributed by atoms with E-state index in [4.69, 9.17) is 0 Å². The van der Waals surface area contributed by atoms with E-state index in [1.807, 2.05) is 19.9 Å². The van der Waals surface area contributed by atoms with Gasteiger partial charge < -0.3 is 9.84 Å². The summed E-state index contributed by atoms with van der Waals surface area (Å²) in [5.41, 5.74) is 1.72. The summed E-state index contributed by atoms with van der Waals surface area (Å²) in [6.07, 6.45) is 2.65. The minimum atomic E-state index is -0.426. The monoisotopic (exact) mass is 226 g/mol. The molecule has 0 aromatic rings. The van der Waals surface area contributed by atoms with E-state index in [-0.39, 0.29) is 11.9 Å².